The number of likely N-dealkylation sites (N-methyl/N-ethyl adjacent to an activating group) is 1. The van der Waals surface area contributed by atoms with E-state index < -0.39 is 0 Å². The molecule has 2 fully saturated rings. The van der Waals surface area contributed by atoms with Crippen molar-refractivity contribution in [1.82, 2.24) is 15.5 Å². The van der Waals surface area contributed by atoms with Gasteiger partial charge in [0.25, 0.3) is 0 Å². The molecule has 2 aliphatic rings. The minimum absolute atomic E-state index is 0.0263. The molecule has 26 heavy (non-hydrogen) atoms. The molecule has 6 nitrogen and oxygen atoms in total. The highest BCUT2D eigenvalue weighted by molar-refractivity contribution is 5.84. The maximum atomic E-state index is 11.9. The molecule has 0 aromatic carbocycles. The van der Waals surface area contributed by atoms with Gasteiger partial charge in [-0.05, 0) is 50.9 Å². The van der Waals surface area contributed by atoms with Crippen LogP contribution in [0.4, 0.5) is 0 Å². The van der Waals surface area contributed by atoms with Crippen LogP contribution in [0.15, 0.2) is 4.99 Å². The van der Waals surface area contributed by atoms with Crippen molar-refractivity contribution < 1.29 is 9.53 Å². The lowest BCUT2D eigenvalue weighted by Gasteiger charge is -2.31. The van der Waals surface area contributed by atoms with E-state index in [0.29, 0.717) is 18.1 Å². The van der Waals surface area contributed by atoms with Crippen molar-refractivity contribution in [3.63, 3.8) is 0 Å². The van der Waals surface area contributed by atoms with Gasteiger partial charge >= 0.3 is 0 Å². The van der Waals surface area contributed by atoms with Crippen LogP contribution in [0.1, 0.15) is 64.7 Å². The fourth-order valence-electron chi connectivity index (χ4n) is 3.72. The van der Waals surface area contributed by atoms with E-state index >= 15 is 0 Å². The summed E-state index contributed by atoms with van der Waals surface area (Å²) in [5, 5.41) is 7.01. The maximum absolute atomic E-state index is 11.9. The minimum Gasteiger partial charge on any atom is -0.378 e. The number of carbonyl (C=O) groups is 1. The van der Waals surface area contributed by atoms with Gasteiger partial charge in [0.2, 0.25) is 5.91 Å². The number of ether oxygens (including phenoxy) is 1. The van der Waals surface area contributed by atoms with Crippen molar-refractivity contribution in [2.75, 3.05) is 33.8 Å². The molecule has 1 heterocycles. The Labute approximate surface area is 159 Å². The molecule has 0 aromatic rings. The van der Waals surface area contributed by atoms with Gasteiger partial charge in [-0.15, -0.1) is 0 Å². The smallest absolute Gasteiger partial charge is 0.243 e. The first kappa shape index (κ1) is 21.0. The highest BCUT2D eigenvalue weighted by atomic mass is 16.5. The molecule has 0 bridgehead atoms. The first-order chi connectivity index (χ1) is 12.6. The zero-order valence-electron chi connectivity index (χ0n) is 16.9. The molecule has 0 radical (unpaired) electrons. The third-order valence-electron chi connectivity index (χ3n) is 5.57. The van der Waals surface area contributed by atoms with Gasteiger partial charge in [0.1, 0.15) is 6.54 Å². The molecule has 1 amide bonds. The van der Waals surface area contributed by atoms with Crippen LogP contribution >= 0.6 is 0 Å². The van der Waals surface area contributed by atoms with Gasteiger partial charge in [-0.3, -0.25) is 4.79 Å². The van der Waals surface area contributed by atoms with Gasteiger partial charge in [-0.1, -0.05) is 19.8 Å². The van der Waals surface area contributed by atoms with Crippen molar-refractivity contribution >= 4 is 11.9 Å². The average Bonchev–Trinajstić information content (AvgIpc) is 2.65. The van der Waals surface area contributed by atoms with Crippen LogP contribution in [0.25, 0.3) is 0 Å². The Morgan fingerprint density at radius 2 is 1.92 bits per heavy atom. The van der Waals surface area contributed by atoms with Crippen LogP contribution in [0.5, 0.6) is 0 Å². The molecule has 2 rings (SSSR count). The Hall–Kier alpha value is -1.30. The van der Waals surface area contributed by atoms with E-state index in [4.69, 9.17) is 4.74 Å². The van der Waals surface area contributed by atoms with E-state index in [1.807, 2.05) is 0 Å². The van der Waals surface area contributed by atoms with Crippen LogP contribution in [-0.2, 0) is 9.53 Å². The number of aliphatic imine (C=N–C) groups is 1. The Kier molecular flexibility index (Phi) is 9.23. The van der Waals surface area contributed by atoms with Gasteiger partial charge in [-0.25, -0.2) is 4.99 Å². The third-order valence-corrected chi connectivity index (χ3v) is 5.57. The summed E-state index contributed by atoms with van der Waals surface area (Å²) < 4.78 is 5.80. The van der Waals surface area contributed by atoms with Crippen molar-refractivity contribution in [2.24, 2.45) is 10.9 Å². The van der Waals surface area contributed by atoms with Crippen LogP contribution in [0, 0.1) is 5.92 Å². The van der Waals surface area contributed by atoms with Crippen molar-refractivity contribution in [2.45, 2.75) is 76.9 Å². The Morgan fingerprint density at radius 1 is 1.15 bits per heavy atom. The second kappa shape index (κ2) is 11.4. The molecule has 6 heteroatoms. The van der Waals surface area contributed by atoms with E-state index in [9.17, 15) is 4.79 Å². The lowest BCUT2D eigenvalue weighted by molar-refractivity contribution is -0.127. The highest BCUT2D eigenvalue weighted by Crippen LogP contribution is 2.23. The quantitative estimate of drug-likeness (QED) is 0.413. The number of amides is 1. The molecule has 3 unspecified atom stereocenters. The van der Waals surface area contributed by atoms with Crippen LogP contribution in [-0.4, -0.2) is 62.7 Å². The number of rotatable bonds is 7. The van der Waals surface area contributed by atoms with Crippen molar-refractivity contribution in [3.8, 4) is 0 Å². The summed E-state index contributed by atoms with van der Waals surface area (Å²) in [7, 11) is 3.54. The van der Waals surface area contributed by atoms with E-state index in [1.165, 1.54) is 44.9 Å². The van der Waals surface area contributed by atoms with Crippen LogP contribution in [0.3, 0.4) is 0 Å². The zero-order chi connectivity index (χ0) is 18.8. The molecule has 2 N–H and O–H groups in total. The summed E-state index contributed by atoms with van der Waals surface area (Å²) in [6.45, 7) is 4.27. The van der Waals surface area contributed by atoms with Gasteiger partial charge in [-0.2, -0.15) is 0 Å². The summed E-state index contributed by atoms with van der Waals surface area (Å²) in [5.41, 5.74) is 0. The van der Waals surface area contributed by atoms with E-state index in [0.717, 1.165) is 32.0 Å². The lowest BCUT2D eigenvalue weighted by Crippen LogP contribution is -2.47. The second-order valence-electron chi connectivity index (χ2n) is 8.02. The molecule has 0 aromatic heterocycles. The monoisotopic (exact) mass is 366 g/mol. The minimum atomic E-state index is 0.0263. The van der Waals surface area contributed by atoms with Gasteiger partial charge in [0, 0.05) is 33.3 Å². The summed E-state index contributed by atoms with van der Waals surface area (Å²) in [4.78, 5) is 18.0. The first-order valence-electron chi connectivity index (χ1n) is 10.4. The Morgan fingerprint density at radius 3 is 2.62 bits per heavy atom. The number of hydrogen-bond acceptors (Lipinski definition) is 3. The highest BCUT2D eigenvalue weighted by Gasteiger charge is 2.22. The summed E-state index contributed by atoms with van der Waals surface area (Å²) in [6, 6.07) is 0.450. The molecule has 1 saturated carbocycles. The molecular weight excluding hydrogens is 328 g/mol. The van der Waals surface area contributed by atoms with E-state index in [1.54, 1.807) is 19.0 Å². The van der Waals surface area contributed by atoms with Gasteiger partial charge in [0.15, 0.2) is 5.96 Å². The summed E-state index contributed by atoms with van der Waals surface area (Å²) in [6.07, 6.45) is 11.3. The molecule has 1 aliphatic carbocycles. The second-order valence-corrected chi connectivity index (χ2v) is 8.02. The van der Waals surface area contributed by atoms with Crippen LogP contribution < -0.4 is 10.6 Å². The van der Waals surface area contributed by atoms with Crippen molar-refractivity contribution in [1.29, 1.82) is 0 Å². The number of hydrogen-bond donors (Lipinski definition) is 2. The van der Waals surface area contributed by atoms with E-state index in [-0.39, 0.29) is 12.5 Å². The van der Waals surface area contributed by atoms with Crippen molar-refractivity contribution in [3.05, 3.63) is 0 Å². The van der Waals surface area contributed by atoms with E-state index in [2.05, 4.69) is 22.5 Å². The maximum Gasteiger partial charge on any atom is 0.243 e. The molecule has 1 aliphatic heterocycles. The molecule has 3 atom stereocenters. The molecule has 0 spiro atoms. The summed E-state index contributed by atoms with van der Waals surface area (Å²) in [5.74, 6) is 1.46. The predicted molar refractivity (Wildman–Crippen MR) is 106 cm³/mol. The van der Waals surface area contributed by atoms with Crippen LogP contribution in [0.2, 0.25) is 0 Å². The Balaban J connectivity index is 1.80. The number of nitrogens with zero attached hydrogens (tertiary/aromatic N) is 2. The van der Waals surface area contributed by atoms with Gasteiger partial charge in [0.05, 0.1) is 6.10 Å². The summed E-state index contributed by atoms with van der Waals surface area (Å²) >= 11 is 0. The zero-order valence-corrected chi connectivity index (χ0v) is 16.9. The number of guanidine groups is 1. The lowest BCUT2D eigenvalue weighted by atomic mass is 9.86. The standard InChI is InChI=1S/C20H38N4O2/c1-16-9-4-5-12-18(16)23-20(22-15-19(25)24(2)3)21-13-8-11-17-10-6-7-14-26-17/h16-18H,4-15H2,1-3H3,(H2,21,22,23). The molecule has 1 saturated heterocycles. The average molecular weight is 367 g/mol. The number of carbonyl (C=O) groups excluding carboxylic acids is 1. The first-order valence-corrected chi connectivity index (χ1v) is 10.4. The number of nitrogens with one attached hydrogen (secondary N) is 2. The molecule has 150 valence electrons. The topological polar surface area (TPSA) is 66.0 Å². The fourth-order valence-corrected chi connectivity index (χ4v) is 3.72. The normalized spacial score (nSPS) is 27.0. The predicted octanol–water partition coefficient (Wildman–Crippen LogP) is 2.54. The SMILES string of the molecule is CC1CCCCC1NC(=NCC(=O)N(C)C)NCCCC1CCCCO1. The third kappa shape index (κ3) is 7.52. The largest absolute Gasteiger partial charge is 0.378 e. The Bertz CT molecular complexity index is 447. The fraction of sp³-hybridized carbons (Fsp3) is 0.900. The molecular formula is C20H38N4O2. The van der Waals surface area contributed by atoms with Gasteiger partial charge < -0.3 is 20.3 Å².